The number of hydrogen-bond acceptors (Lipinski definition) is 4. The molecule has 136 valence electrons. The SMILES string of the molecule is O=C(COC(=O)CSc1cc(Cl)ccc1Cl)Nc1ccc2c(c1)CCC2. The molecule has 26 heavy (non-hydrogen) atoms. The van der Waals surface area contributed by atoms with Gasteiger partial charge in [-0.2, -0.15) is 0 Å². The number of thioether (sulfide) groups is 1. The van der Waals surface area contributed by atoms with Gasteiger partial charge in [0.2, 0.25) is 0 Å². The first-order valence-corrected chi connectivity index (χ1v) is 9.90. The molecule has 0 aliphatic heterocycles. The van der Waals surface area contributed by atoms with Gasteiger partial charge < -0.3 is 10.1 Å². The molecule has 0 saturated heterocycles. The number of anilines is 1. The standard InChI is InChI=1S/C19H17Cl2NO3S/c20-14-5-7-16(21)17(9-14)26-11-19(24)25-10-18(23)22-15-6-4-12-2-1-3-13(12)8-15/h4-9H,1-3,10-11H2,(H,22,23). The van der Waals surface area contributed by atoms with Crippen molar-refractivity contribution in [2.75, 3.05) is 17.7 Å². The molecule has 0 bridgehead atoms. The number of amides is 1. The normalized spacial score (nSPS) is 12.5. The first-order valence-electron chi connectivity index (χ1n) is 8.16. The fraction of sp³-hybridized carbons (Fsp3) is 0.263. The van der Waals surface area contributed by atoms with Crippen LogP contribution in [0, 0.1) is 0 Å². The quantitative estimate of drug-likeness (QED) is 0.551. The molecule has 1 aliphatic rings. The number of fused-ring (bicyclic) bond motifs is 1. The van der Waals surface area contributed by atoms with Gasteiger partial charge in [0.1, 0.15) is 0 Å². The molecular formula is C19H17Cl2NO3S. The lowest BCUT2D eigenvalue weighted by Crippen LogP contribution is -2.21. The lowest BCUT2D eigenvalue weighted by molar-refractivity contribution is -0.144. The Kier molecular flexibility index (Phi) is 6.46. The summed E-state index contributed by atoms with van der Waals surface area (Å²) in [5, 5.41) is 3.81. The molecule has 2 aromatic carbocycles. The van der Waals surface area contributed by atoms with E-state index in [1.54, 1.807) is 18.2 Å². The minimum absolute atomic E-state index is 0.0478. The Morgan fingerprint density at radius 1 is 1.08 bits per heavy atom. The van der Waals surface area contributed by atoms with Crippen molar-refractivity contribution in [3.63, 3.8) is 0 Å². The lowest BCUT2D eigenvalue weighted by atomic mass is 10.1. The van der Waals surface area contributed by atoms with E-state index in [1.807, 2.05) is 18.2 Å². The van der Waals surface area contributed by atoms with Crippen LogP contribution in [0.2, 0.25) is 10.0 Å². The Morgan fingerprint density at radius 3 is 2.73 bits per heavy atom. The molecule has 1 N–H and O–H groups in total. The van der Waals surface area contributed by atoms with Gasteiger partial charge in [-0.25, -0.2) is 0 Å². The monoisotopic (exact) mass is 409 g/mol. The van der Waals surface area contributed by atoms with Gasteiger partial charge in [0, 0.05) is 15.6 Å². The lowest BCUT2D eigenvalue weighted by Gasteiger charge is -2.09. The third-order valence-corrected chi connectivity index (χ3v) is 5.69. The van der Waals surface area contributed by atoms with Crippen LogP contribution >= 0.6 is 35.0 Å². The predicted octanol–water partition coefficient (Wildman–Crippen LogP) is 4.76. The van der Waals surface area contributed by atoms with Crippen molar-refractivity contribution in [1.82, 2.24) is 0 Å². The van der Waals surface area contributed by atoms with Crippen LogP contribution in [0.5, 0.6) is 0 Å². The average Bonchev–Trinajstić information content (AvgIpc) is 3.08. The first kappa shape index (κ1) is 19.1. The summed E-state index contributed by atoms with van der Waals surface area (Å²) in [7, 11) is 0. The van der Waals surface area contributed by atoms with Crippen molar-refractivity contribution in [3.05, 3.63) is 57.6 Å². The number of rotatable bonds is 6. The van der Waals surface area contributed by atoms with E-state index < -0.39 is 5.97 Å². The van der Waals surface area contributed by atoms with Crippen molar-refractivity contribution >= 4 is 52.5 Å². The van der Waals surface area contributed by atoms with E-state index in [4.69, 9.17) is 27.9 Å². The Labute approximate surface area is 166 Å². The van der Waals surface area contributed by atoms with E-state index in [9.17, 15) is 9.59 Å². The maximum atomic E-state index is 12.0. The van der Waals surface area contributed by atoms with Crippen LogP contribution in [0.15, 0.2) is 41.3 Å². The van der Waals surface area contributed by atoms with Crippen LogP contribution in [0.1, 0.15) is 17.5 Å². The smallest absolute Gasteiger partial charge is 0.316 e. The number of carbonyl (C=O) groups is 2. The fourth-order valence-corrected chi connectivity index (χ4v) is 4.05. The highest BCUT2D eigenvalue weighted by Gasteiger charge is 2.13. The third kappa shape index (κ3) is 5.16. The first-order chi connectivity index (χ1) is 12.5. The summed E-state index contributed by atoms with van der Waals surface area (Å²) < 4.78 is 5.01. The fourth-order valence-electron chi connectivity index (χ4n) is 2.76. The Morgan fingerprint density at radius 2 is 1.88 bits per heavy atom. The maximum Gasteiger partial charge on any atom is 0.316 e. The zero-order chi connectivity index (χ0) is 18.5. The minimum Gasteiger partial charge on any atom is -0.455 e. The number of nitrogens with one attached hydrogen (secondary N) is 1. The van der Waals surface area contributed by atoms with Crippen LogP contribution in [-0.2, 0) is 27.2 Å². The second kappa shape index (κ2) is 8.80. The molecule has 0 fully saturated rings. The minimum atomic E-state index is -0.491. The molecule has 4 nitrogen and oxygen atoms in total. The topological polar surface area (TPSA) is 55.4 Å². The number of benzene rings is 2. The summed E-state index contributed by atoms with van der Waals surface area (Å²) in [5.74, 6) is -0.802. The highest BCUT2D eigenvalue weighted by atomic mass is 35.5. The predicted molar refractivity (Wildman–Crippen MR) is 105 cm³/mol. The number of aryl methyl sites for hydroxylation is 2. The Balaban J connectivity index is 1.44. The van der Waals surface area contributed by atoms with Gasteiger partial charge in [-0.3, -0.25) is 9.59 Å². The van der Waals surface area contributed by atoms with E-state index in [-0.39, 0.29) is 18.3 Å². The molecule has 0 spiro atoms. The van der Waals surface area contributed by atoms with Gasteiger partial charge in [-0.15, -0.1) is 11.8 Å². The Hall–Kier alpha value is -1.69. The summed E-state index contributed by atoms with van der Waals surface area (Å²) in [6.07, 6.45) is 3.28. The molecule has 1 aliphatic carbocycles. The van der Waals surface area contributed by atoms with Gasteiger partial charge in [0.05, 0.1) is 10.8 Å². The summed E-state index contributed by atoms with van der Waals surface area (Å²) in [4.78, 5) is 24.5. The average molecular weight is 410 g/mol. The zero-order valence-electron chi connectivity index (χ0n) is 13.9. The van der Waals surface area contributed by atoms with Crippen LogP contribution in [0.4, 0.5) is 5.69 Å². The summed E-state index contributed by atoms with van der Waals surface area (Å²) in [6.45, 7) is -0.320. The number of esters is 1. The van der Waals surface area contributed by atoms with Crippen molar-refractivity contribution < 1.29 is 14.3 Å². The molecule has 1 amide bonds. The van der Waals surface area contributed by atoms with E-state index in [2.05, 4.69) is 5.32 Å². The van der Waals surface area contributed by atoms with Crippen LogP contribution < -0.4 is 5.32 Å². The molecular weight excluding hydrogens is 393 g/mol. The van der Waals surface area contributed by atoms with Gasteiger partial charge in [0.15, 0.2) is 6.61 Å². The van der Waals surface area contributed by atoms with E-state index in [1.165, 1.54) is 22.9 Å². The third-order valence-electron chi connectivity index (χ3n) is 3.99. The maximum absolute atomic E-state index is 12.0. The van der Waals surface area contributed by atoms with Crippen molar-refractivity contribution in [3.8, 4) is 0 Å². The van der Waals surface area contributed by atoms with Crippen molar-refractivity contribution in [2.24, 2.45) is 0 Å². The highest BCUT2D eigenvalue weighted by Crippen LogP contribution is 2.30. The van der Waals surface area contributed by atoms with Crippen LogP contribution in [-0.4, -0.2) is 24.2 Å². The van der Waals surface area contributed by atoms with Gasteiger partial charge in [-0.1, -0.05) is 29.3 Å². The van der Waals surface area contributed by atoms with Crippen molar-refractivity contribution in [1.29, 1.82) is 0 Å². The second-order valence-electron chi connectivity index (χ2n) is 5.91. The largest absolute Gasteiger partial charge is 0.455 e. The van der Waals surface area contributed by atoms with E-state index in [0.717, 1.165) is 24.9 Å². The molecule has 0 heterocycles. The number of hydrogen-bond donors (Lipinski definition) is 1. The van der Waals surface area contributed by atoms with Gasteiger partial charge >= 0.3 is 5.97 Å². The molecule has 0 unspecified atom stereocenters. The molecule has 0 radical (unpaired) electrons. The summed E-state index contributed by atoms with van der Waals surface area (Å²) in [6, 6.07) is 10.9. The molecule has 7 heteroatoms. The second-order valence-corrected chi connectivity index (χ2v) is 7.77. The molecule has 0 aromatic heterocycles. The van der Waals surface area contributed by atoms with Crippen LogP contribution in [0.25, 0.3) is 0 Å². The van der Waals surface area contributed by atoms with Gasteiger partial charge in [-0.05, 0) is 60.7 Å². The number of halogens is 2. The zero-order valence-corrected chi connectivity index (χ0v) is 16.2. The number of ether oxygens (including phenoxy) is 1. The molecule has 2 aromatic rings. The van der Waals surface area contributed by atoms with E-state index in [0.29, 0.717) is 14.9 Å². The molecule has 3 rings (SSSR count). The van der Waals surface area contributed by atoms with Crippen molar-refractivity contribution in [2.45, 2.75) is 24.2 Å². The van der Waals surface area contributed by atoms with E-state index >= 15 is 0 Å². The van der Waals surface area contributed by atoms with Gasteiger partial charge in [0.25, 0.3) is 5.91 Å². The molecule has 0 saturated carbocycles. The highest BCUT2D eigenvalue weighted by molar-refractivity contribution is 8.00. The summed E-state index contributed by atoms with van der Waals surface area (Å²) in [5.41, 5.74) is 3.34. The number of carbonyl (C=O) groups excluding carboxylic acids is 2. The molecule has 0 atom stereocenters. The Bertz CT molecular complexity index is 842. The summed E-state index contributed by atoms with van der Waals surface area (Å²) >= 11 is 13.2. The van der Waals surface area contributed by atoms with Crippen LogP contribution in [0.3, 0.4) is 0 Å².